The first kappa shape index (κ1) is 17.8. The Hall–Kier alpha value is -3.03. The van der Waals surface area contributed by atoms with E-state index in [-0.39, 0.29) is 17.2 Å². The Bertz CT molecular complexity index is 865. The van der Waals surface area contributed by atoms with Gasteiger partial charge in [-0.15, -0.1) is 0 Å². The normalized spacial score (nSPS) is 14.4. The average Bonchev–Trinajstić information content (AvgIpc) is 2.61. The first-order valence-electron chi connectivity index (χ1n) is 8.11. The summed E-state index contributed by atoms with van der Waals surface area (Å²) >= 11 is 0. The lowest BCUT2D eigenvalue weighted by Crippen LogP contribution is -2.47. The summed E-state index contributed by atoms with van der Waals surface area (Å²) in [4.78, 5) is 25.5. The van der Waals surface area contributed by atoms with Crippen molar-refractivity contribution in [3.05, 3.63) is 63.7 Å². The summed E-state index contributed by atoms with van der Waals surface area (Å²) in [7, 11) is 0. The second-order valence-electron chi connectivity index (χ2n) is 6.09. The molecule has 0 aliphatic carbocycles. The zero-order valence-corrected chi connectivity index (χ0v) is 14.1. The minimum atomic E-state index is -0.543. The maximum atomic E-state index is 14.3. The van der Waals surface area contributed by atoms with Gasteiger partial charge < -0.3 is 9.80 Å². The molecule has 0 atom stereocenters. The van der Waals surface area contributed by atoms with Crippen molar-refractivity contribution in [3.63, 3.8) is 0 Å². The maximum absolute atomic E-state index is 14.3. The van der Waals surface area contributed by atoms with Gasteiger partial charge in [0.1, 0.15) is 17.3 Å². The molecule has 0 N–H and O–H groups in total. The number of halogens is 2. The molecule has 0 bridgehead atoms. The van der Waals surface area contributed by atoms with Crippen LogP contribution in [0.3, 0.4) is 0 Å². The molecule has 6 nitrogen and oxygen atoms in total. The maximum Gasteiger partial charge on any atom is 0.292 e. The van der Waals surface area contributed by atoms with E-state index in [2.05, 4.69) is 0 Å². The Morgan fingerprint density at radius 1 is 1.00 bits per heavy atom. The highest BCUT2D eigenvalue weighted by Crippen LogP contribution is 2.31. The highest BCUT2D eigenvalue weighted by atomic mass is 19.1. The zero-order valence-electron chi connectivity index (χ0n) is 14.1. The summed E-state index contributed by atoms with van der Waals surface area (Å²) in [5.74, 6) is -1.24. The highest BCUT2D eigenvalue weighted by molar-refractivity contribution is 5.94. The number of nitrogens with zero attached hydrogens (tertiary/aromatic N) is 3. The van der Waals surface area contributed by atoms with Crippen LogP contribution >= 0.6 is 0 Å². The van der Waals surface area contributed by atoms with Crippen molar-refractivity contribution in [3.8, 4) is 0 Å². The molecule has 26 heavy (non-hydrogen) atoms. The molecule has 3 rings (SSSR count). The first-order valence-corrected chi connectivity index (χ1v) is 8.11. The van der Waals surface area contributed by atoms with Gasteiger partial charge in [0.05, 0.1) is 10.6 Å². The molecule has 1 aliphatic rings. The molecule has 136 valence electrons. The van der Waals surface area contributed by atoms with Crippen molar-refractivity contribution < 1.29 is 18.5 Å². The monoisotopic (exact) mass is 361 g/mol. The number of hydrogen-bond acceptors (Lipinski definition) is 5. The molecule has 0 spiro atoms. The Morgan fingerprint density at radius 3 is 2.15 bits per heavy atom. The molecule has 1 heterocycles. The summed E-state index contributed by atoms with van der Waals surface area (Å²) < 4.78 is 27.8. The van der Waals surface area contributed by atoms with Crippen LogP contribution in [0.1, 0.15) is 17.3 Å². The third-order valence-corrected chi connectivity index (χ3v) is 4.45. The highest BCUT2D eigenvalue weighted by Gasteiger charge is 2.25. The lowest BCUT2D eigenvalue weighted by Gasteiger charge is -2.37. The van der Waals surface area contributed by atoms with Crippen LogP contribution in [0, 0.1) is 21.7 Å². The number of anilines is 2. The van der Waals surface area contributed by atoms with Crippen LogP contribution in [-0.4, -0.2) is 36.9 Å². The van der Waals surface area contributed by atoms with Crippen molar-refractivity contribution in [2.45, 2.75) is 6.92 Å². The molecule has 2 aromatic carbocycles. The van der Waals surface area contributed by atoms with E-state index in [9.17, 15) is 23.7 Å². The number of nitro groups is 1. The van der Waals surface area contributed by atoms with E-state index in [0.717, 1.165) is 18.2 Å². The Labute approximate surface area is 148 Å². The number of Topliss-reactive ketones (excluding diaryl/α,β-unsaturated/α-hetero) is 1. The quantitative estimate of drug-likeness (QED) is 0.474. The minimum Gasteiger partial charge on any atom is -0.366 e. The van der Waals surface area contributed by atoms with Gasteiger partial charge in [-0.2, -0.15) is 0 Å². The largest absolute Gasteiger partial charge is 0.366 e. The van der Waals surface area contributed by atoms with Crippen molar-refractivity contribution >= 4 is 22.8 Å². The van der Waals surface area contributed by atoms with Gasteiger partial charge >= 0.3 is 0 Å². The second-order valence-corrected chi connectivity index (χ2v) is 6.09. The topological polar surface area (TPSA) is 66.7 Å². The third-order valence-electron chi connectivity index (χ3n) is 4.45. The van der Waals surface area contributed by atoms with E-state index in [1.807, 2.05) is 0 Å². The molecule has 0 unspecified atom stereocenters. The van der Waals surface area contributed by atoms with E-state index in [4.69, 9.17) is 0 Å². The molecular formula is C18H17F2N3O3. The zero-order chi connectivity index (χ0) is 18.8. The van der Waals surface area contributed by atoms with E-state index in [1.54, 1.807) is 21.9 Å². The number of nitro benzene ring substituents is 1. The summed E-state index contributed by atoms with van der Waals surface area (Å²) in [6.45, 7) is 2.99. The van der Waals surface area contributed by atoms with Gasteiger partial charge in [0.15, 0.2) is 5.78 Å². The minimum absolute atomic E-state index is 0.156. The third kappa shape index (κ3) is 3.49. The summed E-state index contributed by atoms with van der Waals surface area (Å²) in [5.41, 5.74) is 0.752. The SMILES string of the molecule is CC(=O)c1ccc(N2CCN(c3cc(F)ccc3[N+](=O)[O-])CC2)c(F)c1. The van der Waals surface area contributed by atoms with Crippen molar-refractivity contribution in [1.82, 2.24) is 0 Å². The predicted molar refractivity (Wildman–Crippen MR) is 93.9 cm³/mol. The summed E-state index contributed by atoms with van der Waals surface area (Å²) in [5, 5.41) is 11.2. The first-order chi connectivity index (χ1) is 12.4. The molecule has 0 saturated carbocycles. The van der Waals surface area contributed by atoms with E-state index >= 15 is 0 Å². The molecule has 2 aromatic rings. The number of carbonyl (C=O) groups excluding carboxylic acids is 1. The van der Waals surface area contributed by atoms with Crippen LogP contribution in [0.4, 0.5) is 25.8 Å². The molecule has 1 saturated heterocycles. The summed E-state index contributed by atoms with van der Waals surface area (Å²) in [6, 6.07) is 7.70. The predicted octanol–water partition coefficient (Wildman–Crippen LogP) is 3.40. The Morgan fingerprint density at radius 2 is 1.62 bits per heavy atom. The second kappa shape index (κ2) is 7.07. The van der Waals surface area contributed by atoms with Crippen LogP contribution < -0.4 is 9.80 Å². The lowest BCUT2D eigenvalue weighted by atomic mass is 10.1. The fourth-order valence-corrected chi connectivity index (χ4v) is 3.07. The van der Waals surface area contributed by atoms with Gasteiger partial charge in [-0.3, -0.25) is 14.9 Å². The van der Waals surface area contributed by atoms with Gasteiger partial charge in [0.2, 0.25) is 0 Å². The molecule has 0 radical (unpaired) electrons. The van der Waals surface area contributed by atoms with Gasteiger partial charge in [0, 0.05) is 43.9 Å². The molecule has 8 heteroatoms. The molecule has 1 aliphatic heterocycles. The van der Waals surface area contributed by atoms with Gasteiger partial charge in [-0.05, 0) is 31.2 Å². The van der Waals surface area contributed by atoms with E-state index < -0.39 is 16.6 Å². The van der Waals surface area contributed by atoms with Crippen molar-refractivity contribution in [1.29, 1.82) is 0 Å². The van der Waals surface area contributed by atoms with Crippen molar-refractivity contribution in [2.24, 2.45) is 0 Å². The van der Waals surface area contributed by atoms with Crippen LogP contribution in [-0.2, 0) is 0 Å². The Kier molecular flexibility index (Phi) is 4.83. The molecule has 0 amide bonds. The van der Waals surface area contributed by atoms with Gasteiger partial charge in [0.25, 0.3) is 5.69 Å². The Balaban J connectivity index is 1.77. The van der Waals surface area contributed by atoms with Crippen LogP contribution in [0.2, 0.25) is 0 Å². The van der Waals surface area contributed by atoms with Crippen LogP contribution in [0.5, 0.6) is 0 Å². The van der Waals surface area contributed by atoms with E-state index in [0.29, 0.717) is 37.4 Å². The van der Waals surface area contributed by atoms with Gasteiger partial charge in [-0.25, -0.2) is 8.78 Å². The number of piperazine rings is 1. The average molecular weight is 361 g/mol. The van der Waals surface area contributed by atoms with Crippen LogP contribution in [0.25, 0.3) is 0 Å². The fourth-order valence-electron chi connectivity index (χ4n) is 3.07. The smallest absolute Gasteiger partial charge is 0.292 e. The number of benzene rings is 2. The lowest BCUT2D eigenvalue weighted by molar-refractivity contribution is -0.384. The number of rotatable bonds is 4. The fraction of sp³-hybridized carbons (Fsp3) is 0.278. The van der Waals surface area contributed by atoms with Gasteiger partial charge in [-0.1, -0.05) is 0 Å². The van der Waals surface area contributed by atoms with Crippen LogP contribution in [0.15, 0.2) is 36.4 Å². The number of hydrogen-bond donors (Lipinski definition) is 0. The molecule has 1 fully saturated rings. The number of ketones is 1. The van der Waals surface area contributed by atoms with E-state index in [1.165, 1.54) is 13.0 Å². The van der Waals surface area contributed by atoms with Crippen molar-refractivity contribution in [2.75, 3.05) is 36.0 Å². The molecule has 0 aromatic heterocycles. The standard InChI is InChI=1S/C18H17F2N3O3/c1-12(24)13-2-4-16(15(20)10-13)21-6-8-22(9-7-21)18-11-14(19)3-5-17(18)23(25)26/h2-5,10-11H,6-9H2,1H3. The molecular weight excluding hydrogens is 344 g/mol. The number of carbonyl (C=O) groups is 1. The summed E-state index contributed by atoms with van der Waals surface area (Å²) in [6.07, 6.45) is 0.